The number of benzene rings is 2. The van der Waals surface area contributed by atoms with E-state index in [0.717, 1.165) is 18.5 Å². The van der Waals surface area contributed by atoms with Gasteiger partial charge in [-0.2, -0.15) is 9.57 Å². The highest BCUT2D eigenvalue weighted by Gasteiger charge is 2.30. The monoisotopic (exact) mass is 401 g/mol. The van der Waals surface area contributed by atoms with Crippen molar-refractivity contribution in [2.75, 3.05) is 32.6 Å². The zero-order valence-electron chi connectivity index (χ0n) is 15.9. The quantitative estimate of drug-likeness (QED) is 0.800. The van der Waals surface area contributed by atoms with E-state index < -0.39 is 10.0 Å². The number of ether oxygens (including phenoxy) is 2. The molecule has 3 rings (SSSR count). The van der Waals surface area contributed by atoms with Crippen molar-refractivity contribution in [1.29, 1.82) is 5.26 Å². The molecule has 2 aromatic rings. The predicted molar refractivity (Wildman–Crippen MR) is 106 cm³/mol. The average Bonchev–Trinajstić information content (AvgIpc) is 2.73. The van der Waals surface area contributed by atoms with Crippen molar-refractivity contribution < 1.29 is 17.9 Å². The molecule has 148 valence electrons. The molecule has 0 saturated carbocycles. The van der Waals surface area contributed by atoms with Crippen LogP contribution in [0.2, 0.25) is 0 Å². The first-order valence-corrected chi connectivity index (χ1v) is 10.4. The average molecular weight is 401 g/mol. The number of methoxy groups -OCH3 is 2. The van der Waals surface area contributed by atoms with E-state index in [1.165, 1.54) is 16.4 Å². The number of rotatable bonds is 6. The van der Waals surface area contributed by atoms with Gasteiger partial charge in [-0.05, 0) is 31.0 Å². The largest absolute Gasteiger partial charge is 0.497 e. The number of hydrogen-bond donors (Lipinski definition) is 1. The molecular formula is C20H23N3O4S. The fourth-order valence-corrected chi connectivity index (χ4v) is 4.85. The van der Waals surface area contributed by atoms with Crippen LogP contribution in [0.25, 0.3) is 0 Å². The Morgan fingerprint density at radius 2 is 1.86 bits per heavy atom. The van der Waals surface area contributed by atoms with Crippen LogP contribution in [0.5, 0.6) is 11.5 Å². The van der Waals surface area contributed by atoms with Gasteiger partial charge in [-0.3, -0.25) is 0 Å². The Balaban J connectivity index is 1.78. The van der Waals surface area contributed by atoms with Crippen LogP contribution in [0.3, 0.4) is 0 Å². The van der Waals surface area contributed by atoms with Crippen LogP contribution in [-0.2, 0) is 10.0 Å². The third-order valence-corrected chi connectivity index (χ3v) is 6.57. The summed E-state index contributed by atoms with van der Waals surface area (Å²) in [4.78, 5) is 0.148. The second kappa shape index (κ2) is 8.50. The minimum atomic E-state index is -3.65. The molecule has 1 aliphatic rings. The Hall–Kier alpha value is -2.76. The van der Waals surface area contributed by atoms with Crippen LogP contribution < -0.4 is 14.8 Å². The lowest BCUT2D eigenvalue weighted by molar-refractivity contribution is 0.327. The fraction of sp³-hybridized carbons (Fsp3) is 0.350. The smallest absolute Gasteiger partial charge is 0.243 e. The molecule has 0 radical (unpaired) electrons. The SMILES string of the molecule is COc1cc(NC2CCCN(S(=O)(=O)c3cccc(C#N)c3)C2)cc(OC)c1. The van der Waals surface area contributed by atoms with E-state index in [4.69, 9.17) is 14.7 Å². The topological polar surface area (TPSA) is 91.7 Å². The molecule has 1 heterocycles. The van der Waals surface area contributed by atoms with Gasteiger partial charge in [0.2, 0.25) is 10.0 Å². The number of nitriles is 1. The number of sulfonamides is 1. The van der Waals surface area contributed by atoms with Crippen LogP contribution in [0.1, 0.15) is 18.4 Å². The van der Waals surface area contributed by atoms with Crippen molar-refractivity contribution in [1.82, 2.24) is 4.31 Å². The lowest BCUT2D eigenvalue weighted by Gasteiger charge is -2.33. The van der Waals surface area contributed by atoms with Gasteiger partial charge >= 0.3 is 0 Å². The van der Waals surface area contributed by atoms with Gasteiger partial charge in [0.15, 0.2) is 0 Å². The molecule has 7 nitrogen and oxygen atoms in total. The highest BCUT2D eigenvalue weighted by Crippen LogP contribution is 2.28. The van der Waals surface area contributed by atoms with Gasteiger partial charge in [-0.1, -0.05) is 6.07 Å². The van der Waals surface area contributed by atoms with E-state index >= 15 is 0 Å². The summed E-state index contributed by atoms with van der Waals surface area (Å²) >= 11 is 0. The number of anilines is 1. The molecule has 1 fully saturated rings. The van der Waals surface area contributed by atoms with Gasteiger partial charge in [0.05, 0.1) is 30.7 Å². The maximum absolute atomic E-state index is 13.0. The zero-order chi connectivity index (χ0) is 20.1. The molecule has 28 heavy (non-hydrogen) atoms. The van der Waals surface area contributed by atoms with E-state index in [9.17, 15) is 8.42 Å². The summed E-state index contributed by atoms with van der Waals surface area (Å²) in [6.07, 6.45) is 1.60. The van der Waals surface area contributed by atoms with Crippen LogP contribution in [0, 0.1) is 11.3 Å². The van der Waals surface area contributed by atoms with Gasteiger partial charge in [0.1, 0.15) is 11.5 Å². The summed E-state index contributed by atoms with van der Waals surface area (Å²) in [5, 5.41) is 12.4. The number of nitrogens with zero attached hydrogens (tertiary/aromatic N) is 2. The molecule has 0 aliphatic carbocycles. The minimum Gasteiger partial charge on any atom is -0.497 e. The summed E-state index contributed by atoms with van der Waals surface area (Å²) in [7, 11) is -0.480. The van der Waals surface area contributed by atoms with Gasteiger partial charge in [-0.25, -0.2) is 8.42 Å². The van der Waals surface area contributed by atoms with Gasteiger partial charge in [0.25, 0.3) is 0 Å². The van der Waals surface area contributed by atoms with Crippen molar-refractivity contribution in [3.05, 3.63) is 48.0 Å². The molecule has 1 aliphatic heterocycles. The molecule has 0 amide bonds. The fourth-order valence-electron chi connectivity index (χ4n) is 3.28. The van der Waals surface area contributed by atoms with Crippen LogP contribution in [-0.4, -0.2) is 46.1 Å². The molecule has 0 bridgehead atoms. The maximum Gasteiger partial charge on any atom is 0.243 e. The van der Waals surface area contributed by atoms with E-state index in [-0.39, 0.29) is 10.9 Å². The molecule has 1 unspecified atom stereocenters. The van der Waals surface area contributed by atoms with Crippen molar-refractivity contribution in [3.8, 4) is 17.6 Å². The third kappa shape index (κ3) is 4.38. The molecule has 1 N–H and O–H groups in total. The van der Waals surface area contributed by atoms with E-state index in [1.807, 2.05) is 18.2 Å². The molecule has 0 spiro atoms. The molecule has 1 saturated heterocycles. The van der Waals surface area contributed by atoms with Gasteiger partial charge in [-0.15, -0.1) is 0 Å². The van der Waals surface area contributed by atoms with Crippen LogP contribution in [0.4, 0.5) is 5.69 Å². The Morgan fingerprint density at radius 1 is 1.14 bits per heavy atom. The summed E-state index contributed by atoms with van der Waals surface area (Å²) in [5.74, 6) is 1.32. The Kier molecular flexibility index (Phi) is 6.07. The van der Waals surface area contributed by atoms with Crippen LogP contribution >= 0.6 is 0 Å². The molecule has 0 aromatic heterocycles. The lowest BCUT2D eigenvalue weighted by Crippen LogP contribution is -2.45. The van der Waals surface area contributed by atoms with E-state index in [0.29, 0.717) is 30.2 Å². The number of hydrogen-bond acceptors (Lipinski definition) is 6. The Morgan fingerprint density at radius 3 is 2.50 bits per heavy atom. The van der Waals surface area contributed by atoms with Gasteiger partial charge in [0, 0.05) is 43.0 Å². The molecular weight excluding hydrogens is 378 g/mol. The van der Waals surface area contributed by atoms with Crippen molar-refractivity contribution >= 4 is 15.7 Å². The third-order valence-electron chi connectivity index (χ3n) is 4.71. The summed E-state index contributed by atoms with van der Waals surface area (Å²) in [6.45, 7) is 0.803. The Labute approximate surface area is 165 Å². The first-order valence-electron chi connectivity index (χ1n) is 8.96. The number of nitrogens with one attached hydrogen (secondary N) is 1. The van der Waals surface area contributed by atoms with Gasteiger partial charge < -0.3 is 14.8 Å². The summed E-state index contributed by atoms with van der Waals surface area (Å²) in [6, 6.07) is 13.6. The Bertz CT molecular complexity index is 963. The first kappa shape index (κ1) is 20.0. The lowest BCUT2D eigenvalue weighted by atomic mass is 10.1. The second-order valence-corrected chi connectivity index (χ2v) is 8.53. The van der Waals surface area contributed by atoms with E-state index in [2.05, 4.69) is 5.32 Å². The van der Waals surface area contributed by atoms with Crippen molar-refractivity contribution in [2.45, 2.75) is 23.8 Å². The summed E-state index contributed by atoms with van der Waals surface area (Å²) in [5.41, 5.74) is 1.14. The normalized spacial score (nSPS) is 17.5. The van der Waals surface area contributed by atoms with E-state index in [1.54, 1.807) is 32.4 Å². The molecule has 1 atom stereocenters. The highest BCUT2D eigenvalue weighted by molar-refractivity contribution is 7.89. The molecule has 8 heteroatoms. The first-order chi connectivity index (χ1) is 13.5. The minimum absolute atomic E-state index is 0.0421. The predicted octanol–water partition coefficient (Wildman–Crippen LogP) is 2.84. The van der Waals surface area contributed by atoms with Crippen LogP contribution in [0.15, 0.2) is 47.4 Å². The maximum atomic E-state index is 13.0. The van der Waals surface area contributed by atoms with Crippen molar-refractivity contribution in [3.63, 3.8) is 0 Å². The highest BCUT2D eigenvalue weighted by atomic mass is 32.2. The second-order valence-electron chi connectivity index (χ2n) is 6.59. The number of piperidine rings is 1. The summed E-state index contributed by atoms with van der Waals surface area (Å²) < 4.78 is 38.1. The standard InChI is InChI=1S/C20H23N3O4S/c1-26-18-10-17(11-19(12-18)27-2)22-16-6-4-8-23(14-16)28(24,25)20-7-3-5-15(9-20)13-21/h3,5,7,9-12,16,22H,4,6,8,14H2,1-2H3. The van der Waals surface area contributed by atoms with Crippen molar-refractivity contribution in [2.24, 2.45) is 0 Å². The molecule has 2 aromatic carbocycles. The zero-order valence-corrected chi connectivity index (χ0v) is 16.7.